The Kier molecular flexibility index (Phi) is 4.43. The Morgan fingerprint density at radius 1 is 1.28 bits per heavy atom. The molecule has 106 valence electrons. The maximum absolute atomic E-state index is 11.9. The molecule has 0 aromatic heterocycles. The van der Waals surface area contributed by atoms with Crippen molar-refractivity contribution >= 4 is 15.7 Å². The third-order valence-corrected chi connectivity index (χ3v) is 5.88. The molecule has 0 spiro atoms. The van der Waals surface area contributed by atoms with Gasteiger partial charge in [0.25, 0.3) is 0 Å². The highest BCUT2D eigenvalue weighted by atomic mass is 32.2. The molecular formula is C12H23NO4S. The van der Waals surface area contributed by atoms with Crippen LogP contribution >= 0.6 is 0 Å². The van der Waals surface area contributed by atoms with Crippen LogP contribution in [0.3, 0.4) is 0 Å². The molecule has 0 bridgehead atoms. The van der Waals surface area contributed by atoms with Crippen LogP contribution in [0.15, 0.2) is 0 Å². The smallest absolute Gasteiger partial charge is 0.240 e. The molecule has 5 nitrogen and oxygen atoms in total. The maximum Gasteiger partial charge on any atom is 0.240 e. The monoisotopic (exact) mass is 277 g/mol. The van der Waals surface area contributed by atoms with Gasteiger partial charge in [-0.25, -0.2) is 8.42 Å². The average molecular weight is 277 g/mol. The van der Waals surface area contributed by atoms with Gasteiger partial charge in [-0.2, -0.15) is 0 Å². The second kappa shape index (κ2) is 5.17. The lowest BCUT2D eigenvalue weighted by atomic mass is 9.85. The quantitative estimate of drug-likeness (QED) is 0.789. The Morgan fingerprint density at radius 2 is 1.78 bits per heavy atom. The summed E-state index contributed by atoms with van der Waals surface area (Å²) in [6, 6.07) is 0. The van der Waals surface area contributed by atoms with Gasteiger partial charge in [0.05, 0.1) is 5.60 Å². The number of sulfone groups is 1. The van der Waals surface area contributed by atoms with Crippen LogP contribution in [-0.4, -0.2) is 42.6 Å². The van der Waals surface area contributed by atoms with E-state index >= 15 is 0 Å². The normalized spacial score (nSPS) is 20.4. The highest BCUT2D eigenvalue weighted by molar-refractivity contribution is 7.92. The first-order chi connectivity index (χ1) is 8.08. The number of amides is 1. The van der Waals surface area contributed by atoms with E-state index < -0.39 is 26.1 Å². The van der Waals surface area contributed by atoms with Crippen molar-refractivity contribution < 1.29 is 18.3 Å². The second-order valence-corrected chi connectivity index (χ2v) is 8.32. The third-order valence-electron chi connectivity index (χ3n) is 3.84. The molecule has 1 aliphatic carbocycles. The van der Waals surface area contributed by atoms with E-state index in [9.17, 15) is 18.3 Å². The number of hydrogen-bond donors (Lipinski definition) is 2. The first-order valence-electron chi connectivity index (χ1n) is 6.29. The minimum absolute atomic E-state index is 0.130. The van der Waals surface area contributed by atoms with Crippen molar-refractivity contribution in [3.05, 3.63) is 0 Å². The molecule has 6 heteroatoms. The van der Waals surface area contributed by atoms with Gasteiger partial charge in [0.15, 0.2) is 9.84 Å². The van der Waals surface area contributed by atoms with Crippen LogP contribution in [-0.2, 0) is 14.6 Å². The molecule has 18 heavy (non-hydrogen) atoms. The van der Waals surface area contributed by atoms with Crippen molar-refractivity contribution in [2.45, 2.75) is 56.3 Å². The molecule has 1 fully saturated rings. The van der Waals surface area contributed by atoms with E-state index in [1.807, 2.05) is 0 Å². The summed E-state index contributed by atoms with van der Waals surface area (Å²) >= 11 is 0. The number of aliphatic hydroxyl groups is 1. The molecule has 1 aliphatic rings. The van der Waals surface area contributed by atoms with E-state index in [1.165, 1.54) is 13.8 Å². The van der Waals surface area contributed by atoms with E-state index in [-0.39, 0.29) is 6.54 Å². The van der Waals surface area contributed by atoms with Gasteiger partial charge in [-0.1, -0.05) is 19.3 Å². The third kappa shape index (κ3) is 3.45. The largest absolute Gasteiger partial charge is 0.388 e. The Bertz CT molecular complexity index is 408. The molecule has 0 aromatic rings. The molecule has 0 atom stereocenters. The summed E-state index contributed by atoms with van der Waals surface area (Å²) in [5.74, 6) is -0.552. The number of carbonyl (C=O) groups excluding carboxylic acids is 1. The van der Waals surface area contributed by atoms with Gasteiger partial charge in [0.1, 0.15) is 4.75 Å². The van der Waals surface area contributed by atoms with Crippen molar-refractivity contribution in [3.63, 3.8) is 0 Å². The summed E-state index contributed by atoms with van der Waals surface area (Å²) in [6.07, 6.45) is 5.36. The Morgan fingerprint density at radius 3 is 2.22 bits per heavy atom. The van der Waals surface area contributed by atoms with E-state index in [0.717, 1.165) is 25.5 Å². The summed E-state index contributed by atoms with van der Waals surface area (Å²) < 4.78 is 21.5. The zero-order chi connectivity index (χ0) is 14.0. The lowest BCUT2D eigenvalue weighted by Gasteiger charge is -2.33. The molecule has 2 N–H and O–H groups in total. The summed E-state index contributed by atoms with van der Waals surface area (Å²) in [5.41, 5.74) is -0.874. The lowest BCUT2D eigenvalue weighted by molar-refractivity contribution is -0.124. The number of hydrogen-bond acceptors (Lipinski definition) is 4. The van der Waals surface area contributed by atoms with Crippen LogP contribution in [0.1, 0.15) is 46.0 Å². The first kappa shape index (κ1) is 15.4. The zero-order valence-electron chi connectivity index (χ0n) is 11.3. The van der Waals surface area contributed by atoms with E-state index in [0.29, 0.717) is 12.8 Å². The fourth-order valence-corrected chi connectivity index (χ4v) is 2.42. The topological polar surface area (TPSA) is 83.5 Å². The minimum Gasteiger partial charge on any atom is -0.388 e. The standard InChI is InChI=1S/C12H23NO4S/c1-11(2,18(3,16)17)10(14)13-9-12(15)7-5-4-6-8-12/h15H,4-9H2,1-3H3,(H,13,14). The van der Waals surface area contributed by atoms with Gasteiger partial charge in [-0.15, -0.1) is 0 Å². The summed E-state index contributed by atoms with van der Waals surface area (Å²) in [5, 5.41) is 12.8. The summed E-state index contributed by atoms with van der Waals surface area (Å²) in [7, 11) is -3.47. The van der Waals surface area contributed by atoms with Crippen LogP contribution < -0.4 is 5.32 Å². The van der Waals surface area contributed by atoms with Gasteiger partial charge in [0.2, 0.25) is 5.91 Å². The van der Waals surface area contributed by atoms with Crippen LogP contribution in [0.25, 0.3) is 0 Å². The molecule has 1 saturated carbocycles. The van der Waals surface area contributed by atoms with Gasteiger partial charge < -0.3 is 10.4 Å². The number of carbonyl (C=O) groups is 1. The first-order valence-corrected chi connectivity index (χ1v) is 8.18. The van der Waals surface area contributed by atoms with Gasteiger partial charge in [-0.05, 0) is 26.7 Å². The Labute approximate surface area is 109 Å². The van der Waals surface area contributed by atoms with Crippen molar-refractivity contribution in [3.8, 4) is 0 Å². The second-order valence-electron chi connectivity index (χ2n) is 5.75. The zero-order valence-corrected chi connectivity index (χ0v) is 12.1. The predicted octanol–water partition coefficient (Wildman–Crippen LogP) is 0.621. The molecule has 0 heterocycles. The maximum atomic E-state index is 11.9. The summed E-state index contributed by atoms with van der Waals surface area (Å²) in [6.45, 7) is 2.88. The van der Waals surface area contributed by atoms with Gasteiger partial charge in [-0.3, -0.25) is 4.79 Å². The van der Waals surface area contributed by atoms with Crippen LogP contribution in [0.4, 0.5) is 0 Å². The van der Waals surface area contributed by atoms with Crippen molar-refractivity contribution in [2.24, 2.45) is 0 Å². The molecule has 1 amide bonds. The number of nitrogens with one attached hydrogen (secondary N) is 1. The van der Waals surface area contributed by atoms with Crippen molar-refractivity contribution in [1.82, 2.24) is 5.32 Å². The molecule has 1 rings (SSSR count). The molecule has 0 aromatic carbocycles. The van der Waals surface area contributed by atoms with E-state index in [2.05, 4.69) is 5.32 Å². The Hall–Kier alpha value is -0.620. The molecule has 0 unspecified atom stereocenters. The lowest BCUT2D eigenvalue weighted by Crippen LogP contribution is -2.52. The van der Waals surface area contributed by atoms with Crippen molar-refractivity contribution in [1.29, 1.82) is 0 Å². The predicted molar refractivity (Wildman–Crippen MR) is 70.0 cm³/mol. The SMILES string of the molecule is CC(C)(C(=O)NCC1(O)CCCCC1)S(C)(=O)=O. The fourth-order valence-electron chi connectivity index (χ4n) is 2.01. The van der Waals surface area contributed by atoms with E-state index in [4.69, 9.17) is 0 Å². The fraction of sp³-hybridized carbons (Fsp3) is 0.917. The van der Waals surface area contributed by atoms with Gasteiger partial charge in [0, 0.05) is 12.8 Å². The van der Waals surface area contributed by atoms with Gasteiger partial charge >= 0.3 is 0 Å². The van der Waals surface area contributed by atoms with Crippen molar-refractivity contribution in [2.75, 3.05) is 12.8 Å². The molecule has 0 aliphatic heterocycles. The number of rotatable bonds is 4. The Balaban J connectivity index is 2.61. The molecular weight excluding hydrogens is 254 g/mol. The molecule has 0 saturated heterocycles. The average Bonchev–Trinajstić information content (AvgIpc) is 2.25. The highest BCUT2D eigenvalue weighted by Gasteiger charge is 2.39. The summed E-state index contributed by atoms with van der Waals surface area (Å²) in [4.78, 5) is 11.9. The van der Waals surface area contributed by atoms with E-state index in [1.54, 1.807) is 0 Å². The van der Waals surface area contributed by atoms with Crippen LogP contribution in [0.5, 0.6) is 0 Å². The van der Waals surface area contributed by atoms with Crippen LogP contribution in [0, 0.1) is 0 Å². The minimum atomic E-state index is -3.47. The van der Waals surface area contributed by atoms with Crippen LogP contribution in [0.2, 0.25) is 0 Å². The highest BCUT2D eigenvalue weighted by Crippen LogP contribution is 2.27. The molecule has 0 radical (unpaired) electrons.